The molecule has 8 heavy (non-hydrogen) atoms. The standard InChI is InChI=1S/C5H5N2S/c1-8-5-2-6-4-7-3-5/h2-4H,1H2. The average molecular weight is 125 g/mol. The van der Waals surface area contributed by atoms with Gasteiger partial charge in [0.1, 0.15) is 6.33 Å². The smallest absolute Gasteiger partial charge is 0.115 e. The van der Waals surface area contributed by atoms with Gasteiger partial charge in [-0.15, -0.1) is 11.8 Å². The largest absolute Gasteiger partial charge is 0.244 e. The molecule has 0 spiro atoms. The minimum atomic E-state index is 0.993. The van der Waals surface area contributed by atoms with Gasteiger partial charge in [-0.1, -0.05) is 0 Å². The average Bonchev–Trinajstić information content (AvgIpc) is 1.90. The van der Waals surface area contributed by atoms with E-state index in [4.69, 9.17) is 0 Å². The van der Waals surface area contributed by atoms with Crippen molar-refractivity contribution in [3.05, 3.63) is 25.0 Å². The zero-order valence-electron chi connectivity index (χ0n) is 4.24. The van der Waals surface area contributed by atoms with Crippen LogP contribution in [0.2, 0.25) is 0 Å². The monoisotopic (exact) mass is 125 g/mol. The first-order valence-corrected chi connectivity index (χ1v) is 3.09. The van der Waals surface area contributed by atoms with Crippen LogP contribution in [-0.4, -0.2) is 9.97 Å². The molecule has 0 aliphatic heterocycles. The van der Waals surface area contributed by atoms with Crippen LogP contribution in [0.1, 0.15) is 0 Å². The quantitative estimate of drug-likeness (QED) is 0.530. The molecular formula is C5H5N2S. The Labute approximate surface area is 52.4 Å². The van der Waals surface area contributed by atoms with Crippen molar-refractivity contribution >= 4 is 11.8 Å². The van der Waals surface area contributed by atoms with Crippen molar-refractivity contribution in [2.45, 2.75) is 4.90 Å². The number of hydrogen-bond donors (Lipinski definition) is 0. The molecule has 0 aliphatic rings. The van der Waals surface area contributed by atoms with Gasteiger partial charge in [0.2, 0.25) is 0 Å². The normalized spacial score (nSPS) is 9.12. The van der Waals surface area contributed by atoms with Crippen LogP contribution in [0.15, 0.2) is 23.6 Å². The van der Waals surface area contributed by atoms with Gasteiger partial charge in [0.05, 0.1) is 0 Å². The molecule has 1 aromatic rings. The van der Waals surface area contributed by atoms with Gasteiger partial charge in [0.25, 0.3) is 0 Å². The first kappa shape index (κ1) is 5.56. The van der Waals surface area contributed by atoms with Gasteiger partial charge in [0.15, 0.2) is 0 Å². The number of nitrogens with zero attached hydrogens (tertiary/aromatic N) is 2. The number of hydrogen-bond acceptors (Lipinski definition) is 3. The van der Waals surface area contributed by atoms with Gasteiger partial charge >= 0.3 is 0 Å². The summed E-state index contributed by atoms with van der Waals surface area (Å²) in [6.07, 6.45) is 8.55. The lowest BCUT2D eigenvalue weighted by molar-refractivity contribution is 1.10. The lowest BCUT2D eigenvalue weighted by Crippen LogP contribution is -1.74. The van der Waals surface area contributed by atoms with Crippen molar-refractivity contribution < 1.29 is 0 Å². The van der Waals surface area contributed by atoms with Crippen molar-refractivity contribution in [2.75, 3.05) is 0 Å². The van der Waals surface area contributed by atoms with Crippen molar-refractivity contribution in [2.24, 2.45) is 0 Å². The summed E-state index contributed by atoms with van der Waals surface area (Å²) in [6.45, 7) is 0. The predicted molar refractivity (Wildman–Crippen MR) is 33.2 cm³/mol. The topological polar surface area (TPSA) is 25.8 Å². The highest BCUT2D eigenvalue weighted by molar-refractivity contribution is 8.00. The zero-order chi connectivity index (χ0) is 5.82. The molecule has 0 saturated heterocycles. The summed E-state index contributed by atoms with van der Waals surface area (Å²) in [5.41, 5.74) is 0. The van der Waals surface area contributed by atoms with Crippen LogP contribution in [0.3, 0.4) is 0 Å². The highest BCUT2D eigenvalue weighted by Gasteiger charge is 1.83. The third-order valence-corrected chi connectivity index (χ3v) is 1.25. The Morgan fingerprint density at radius 1 is 1.38 bits per heavy atom. The van der Waals surface area contributed by atoms with Crippen LogP contribution in [-0.2, 0) is 0 Å². The van der Waals surface area contributed by atoms with E-state index in [1.165, 1.54) is 18.1 Å². The lowest BCUT2D eigenvalue weighted by atomic mass is 10.7. The molecule has 1 aromatic heterocycles. The molecule has 0 bridgehead atoms. The molecule has 0 unspecified atom stereocenters. The molecule has 0 N–H and O–H groups in total. The van der Waals surface area contributed by atoms with Crippen LogP contribution in [0, 0.1) is 6.26 Å². The molecule has 0 atom stereocenters. The Kier molecular flexibility index (Phi) is 1.86. The second kappa shape index (κ2) is 2.67. The zero-order valence-corrected chi connectivity index (χ0v) is 5.06. The van der Waals surface area contributed by atoms with Crippen LogP contribution in [0.5, 0.6) is 0 Å². The van der Waals surface area contributed by atoms with Gasteiger partial charge in [0, 0.05) is 23.5 Å². The maximum atomic E-state index is 3.78. The highest BCUT2D eigenvalue weighted by Crippen LogP contribution is 2.10. The summed E-state index contributed by atoms with van der Waals surface area (Å²) in [4.78, 5) is 8.56. The molecule has 0 saturated carbocycles. The van der Waals surface area contributed by atoms with E-state index in [1.54, 1.807) is 12.4 Å². The Morgan fingerprint density at radius 3 is 2.38 bits per heavy atom. The van der Waals surface area contributed by atoms with Gasteiger partial charge in [-0.05, 0) is 0 Å². The molecule has 3 heteroatoms. The molecule has 1 rings (SSSR count). The maximum absolute atomic E-state index is 3.78. The fourth-order valence-electron chi connectivity index (χ4n) is 0.360. The van der Waals surface area contributed by atoms with Crippen molar-refractivity contribution in [1.29, 1.82) is 0 Å². The van der Waals surface area contributed by atoms with Crippen LogP contribution in [0.25, 0.3) is 0 Å². The fourth-order valence-corrected chi connectivity index (χ4v) is 0.631. The van der Waals surface area contributed by atoms with Crippen molar-refractivity contribution in [1.82, 2.24) is 9.97 Å². The third kappa shape index (κ3) is 1.20. The SMILES string of the molecule is [CH2]Sc1cncnc1. The van der Waals surface area contributed by atoms with E-state index >= 15 is 0 Å². The van der Waals surface area contributed by atoms with E-state index in [0.29, 0.717) is 0 Å². The summed E-state index contributed by atoms with van der Waals surface area (Å²) in [5.74, 6) is 0. The minimum absolute atomic E-state index is 0.993. The second-order valence-corrected chi connectivity index (χ2v) is 1.98. The Balaban J connectivity index is 2.83. The number of rotatable bonds is 1. The van der Waals surface area contributed by atoms with Crippen LogP contribution >= 0.6 is 11.8 Å². The predicted octanol–water partition coefficient (Wildman–Crippen LogP) is 1.36. The van der Waals surface area contributed by atoms with Crippen LogP contribution < -0.4 is 0 Å². The Bertz CT molecular complexity index is 152. The first-order valence-electron chi connectivity index (χ1n) is 2.10. The van der Waals surface area contributed by atoms with Crippen molar-refractivity contribution in [3.63, 3.8) is 0 Å². The Morgan fingerprint density at radius 2 is 2.00 bits per heavy atom. The summed E-state index contributed by atoms with van der Waals surface area (Å²) < 4.78 is 0. The molecule has 0 aromatic carbocycles. The highest BCUT2D eigenvalue weighted by atomic mass is 32.2. The first-order chi connectivity index (χ1) is 3.93. The third-order valence-electron chi connectivity index (χ3n) is 0.704. The van der Waals surface area contributed by atoms with E-state index in [0.717, 1.165) is 4.90 Å². The van der Waals surface area contributed by atoms with Gasteiger partial charge in [-0.25, -0.2) is 9.97 Å². The summed E-state index contributed by atoms with van der Waals surface area (Å²) in [7, 11) is 0. The van der Waals surface area contributed by atoms with E-state index in [9.17, 15) is 0 Å². The molecule has 0 aliphatic carbocycles. The maximum Gasteiger partial charge on any atom is 0.115 e. The van der Waals surface area contributed by atoms with Gasteiger partial charge in [-0.3, -0.25) is 0 Å². The van der Waals surface area contributed by atoms with Crippen molar-refractivity contribution in [3.8, 4) is 0 Å². The minimum Gasteiger partial charge on any atom is -0.244 e. The molecular weight excluding hydrogens is 120 g/mol. The van der Waals surface area contributed by atoms with E-state index in [-0.39, 0.29) is 0 Å². The number of aromatic nitrogens is 2. The summed E-state index contributed by atoms with van der Waals surface area (Å²) in [5, 5.41) is 0. The van der Waals surface area contributed by atoms with Gasteiger partial charge in [-0.2, -0.15) is 0 Å². The second-order valence-electron chi connectivity index (χ2n) is 1.22. The molecule has 0 fully saturated rings. The molecule has 2 nitrogen and oxygen atoms in total. The summed E-state index contributed by atoms with van der Waals surface area (Å²) in [6, 6.07) is 0. The van der Waals surface area contributed by atoms with E-state index in [1.807, 2.05) is 0 Å². The molecule has 41 valence electrons. The molecule has 0 amide bonds. The number of thioether (sulfide) groups is 1. The van der Waals surface area contributed by atoms with E-state index < -0.39 is 0 Å². The molecule has 1 heterocycles. The summed E-state index contributed by atoms with van der Waals surface area (Å²) >= 11 is 1.39. The lowest BCUT2D eigenvalue weighted by Gasteiger charge is -1.87. The Hall–Kier alpha value is -0.570. The molecule has 1 radical (unpaired) electrons. The van der Waals surface area contributed by atoms with E-state index in [2.05, 4.69) is 16.2 Å². The fraction of sp³-hybridized carbons (Fsp3) is 0. The van der Waals surface area contributed by atoms with Crippen LogP contribution in [0.4, 0.5) is 0 Å². The van der Waals surface area contributed by atoms with Gasteiger partial charge < -0.3 is 0 Å².